The van der Waals surface area contributed by atoms with Crippen molar-refractivity contribution in [3.63, 3.8) is 0 Å². The van der Waals surface area contributed by atoms with Gasteiger partial charge in [0.1, 0.15) is 17.0 Å². The normalized spacial score (nSPS) is 34.1. The first-order valence-electron chi connectivity index (χ1n) is 19.6. The molecule has 8 aliphatic rings. The van der Waals surface area contributed by atoms with Crippen LogP contribution < -0.4 is 15.0 Å². The summed E-state index contributed by atoms with van der Waals surface area (Å²) in [5.74, 6) is -4.92. The molecule has 5 saturated carbocycles. The van der Waals surface area contributed by atoms with E-state index in [1.807, 2.05) is 28.0 Å². The third kappa shape index (κ3) is 6.03. The summed E-state index contributed by atoms with van der Waals surface area (Å²) in [7, 11) is 0. The summed E-state index contributed by atoms with van der Waals surface area (Å²) in [4.78, 5) is 40.1. The van der Waals surface area contributed by atoms with Gasteiger partial charge >= 0.3 is 0 Å². The molecule has 2 aromatic rings. The van der Waals surface area contributed by atoms with E-state index in [-0.39, 0.29) is 59.8 Å². The van der Waals surface area contributed by atoms with Gasteiger partial charge in [0.25, 0.3) is 17.8 Å². The predicted octanol–water partition coefficient (Wildman–Crippen LogP) is 6.94. The highest BCUT2D eigenvalue weighted by Gasteiger charge is 2.60. The van der Waals surface area contributed by atoms with Gasteiger partial charge in [-0.25, -0.2) is 18.7 Å². The number of carbonyl (C=O) groups is 2. The highest BCUT2D eigenvalue weighted by atomic mass is 19.3. The van der Waals surface area contributed by atoms with Crippen LogP contribution in [0.15, 0.2) is 24.4 Å². The molecule has 4 bridgehead atoms. The number of amides is 1. The Morgan fingerprint density at radius 3 is 2.23 bits per heavy atom. The number of alkyl halides is 4. The van der Waals surface area contributed by atoms with Crippen LogP contribution in [0.3, 0.4) is 0 Å². The molecular weight excluding hydrogens is 690 g/mol. The minimum atomic E-state index is -3.45. The molecule has 9 nitrogen and oxygen atoms in total. The van der Waals surface area contributed by atoms with E-state index in [1.54, 1.807) is 0 Å². The number of ether oxygens (including phenoxy) is 2. The zero-order chi connectivity index (χ0) is 36.9. The number of fused-ring (bicyclic) bond motifs is 2. The third-order valence-corrected chi connectivity index (χ3v) is 14.1. The number of hydrogen-bond acceptors (Lipinski definition) is 8. The van der Waals surface area contributed by atoms with Crippen LogP contribution in [-0.2, 0) is 20.9 Å². The molecule has 53 heavy (non-hydrogen) atoms. The first kappa shape index (κ1) is 35.4. The van der Waals surface area contributed by atoms with Crippen molar-refractivity contribution < 1.29 is 36.6 Å². The van der Waals surface area contributed by atoms with Crippen LogP contribution in [0.5, 0.6) is 5.75 Å². The lowest BCUT2D eigenvalue weighted by Gasteiger charge is -2.60. The van der Waals surface area contributed by atoms with Crippen molar-refractivity contribution >= 4 is 23.3 Å². The molecule has 1 aromatic heterocycles. The molecule has 1 N–H and O–H groups in total. The summed E-state index contributed by atoms with van der Waals surface area (Å²) in [5.41, 5.74) is -0.539. The van der Waals surface area contributed by atoms with Gasteiger partial charge in [-0.3, -0.25) is 14.5 Å². The fourth-order valence-electron chi connectivity index (χ4n) is 11.7. The Morgan fingerprint density at radius 2 is 1.62 bits per heavy atom. The van der Waals surface area contributed by atoms with Gasteiger partial charge in [-0.05, 0) is 125 Å². The average Bonchev–Trinajstić information content (AvgIpc) is 3.40. The summed E-state index contributed by atoms with van der Waals surface area (Å²) < 4.78 is 70.1. The van der Waals surface area contributed by atoms with E-state index in [9.17, 15) is 18.4 Å². The third-order valence-electron chi connectivity index (χ3n) is 14.1. The van der Waals surface area contributed by atoms with Crippen LogP contribution in [0.25, 0.3) is 0 Å². The smallest absolute Gasteiger partial charge is 0.287 e. The fraction of sp³-hybridized carbons (Fsp3) is 0.700. The van der Waals surface area contributed by atoms with Crippen LogP contribution in [0.2, 0.25) is 0 Å². The summed E-state index contributed by atoms with van der Waals surface area (Å²) in [6.45, 7) is 3.52. The first-order valence-corrected chi connectivity index (χ1v) is 19.6. The van der Waals surface area contributed by atoms with Crippen molar-refractivity contribution in [2.75, 3.05) is 37.7 Å². The molecule has 1 amide bonds. The molecule has 286 valence electrons. The number of ketones is 1. The summed E-state index contributed by atoms with van der Waals surface area (Å²) >= 11 is 0. The van der Waals surface area contributed by atoms with Crippen molar-refractivity contribution in [3.8, 4) is 5.75 Å². The van der Waals surface area contributed by atoms with Gasteiger partial charge in [0.05, 0.1) is 24.8 Å². The Morgan fingerprint density at radius 1 is 0.962 bits per heavy atom. The molecule has 2 saturated heterocycles. The maximum absolute atomic E-state index is 15.5. The summed E-state index contributed by atoms with van der Waals surface area (Å²) in [5, 5.41) is 3.04. The van der Waals surface area contributed by atoms with Gasteiger partial charge < -0.3 is 19.7 Å². The number of rotatable bonds is 8. The Labute approximate surface area is 307 Å². The minimum absolute atomic E-state index is 0.00726. The molecule has 5 aliphatic carbocycles. The molecule has 4 heterocycles. The van der Waals surface area contributed by atoms with E-state index in [2.05, 4.69) is 15.3 Å². The number of aromatic nitrogens is 2. The number of nitrogens with zero attached hydrogens (tertiary/aromatic N) is 4. The fourth-order valence-corrected chi connectivity index (χ4v) is 11.7. The lowest BCUT2D eigenvalue weighted by molar-refractivity contribution is -0.151. The summed E-state index contributed by atoms with van der Waals surface area (Å²) in [6.07, 6.45) is 10.5. The Balaban J connectivity index is 0.976. The average molecular weight is 740 g/mol. The van der Waals surface area contributed by atoms with Crippen molar-refractivity contribution in [1.82, 2.24) is 20.2 Å². The van der Waals surface area contributed by atoms with Gasteiger partial charge in [-0.1, -0.05) is 0 Å². The van der Waals surface area contributed by atoms with Crippen LogP contribution in [0, 0.1) is 23.7 Å². The van der Waals surface area contributed by atoms with Crippen LogP contribution >= 0.6 is 0 Å². The quantitative estimate of drug-likeness (QED) is 0.291. The predicted molar refractivity (Wildman–Crippen MR) is 188 cm³/mol. The SMILES string of the molecule is CC(=O)C1(NC(=O)c2cnc(N3CC4(CCOCC4)c4cc(OC5CCC(N6CC(F)(F)C6)CC5)ccc43)nc2C(C)(F)F)C2CC3CC(C2)CC1C3. The van der Waals surface area contributed by atoms with E-state index in [1.165, 1.54) is 19.5 Å². The molecule has 7 fully saturated rings. The minimum Gasteiger partial charge on any atom is -0.490 e. The van der Waals surface area contributed by atoms with E-state index in [0.29, 0.717) is 37.3 Å². The molecule has 0 unspecified atom stereocenters. The Bertz CT molecular complexity index is 1750. The van der Waals surface area contributed by atoms with Crippen molar-refractivity contribution in [2.24, 2.45) is 23.7 Å². The zero-order valence-electron chi connectivity index (χ0n) is 30.5. The molecule has 1 spiro atoms. The number of hydrogen-bond donors (Lipinski definition) is 1. The molecule has 3 aliphatic heterocycles. The van der Waals surface area contributed by atoms with E-state index in [0.717, 1.165) is 82.4 Å². The monoisotopic (exact) mass is 739 g/mol. The maximum atomic E-state index is 15.5. The molecule has 1 aromatic carbocycles. The molecule has 10 rings (SSSR count). The van der Waals surface area contributed by atoms with Gasteiger partial charge in [0.15, 0.2) is 5.78 Å². The zero-order valence-corrected chi connectivity index (χ0v) is 30.5. The Kier molecular flexibility index (Phi) is 8.42. The van der Waals surface area contributed by atoms with Crippen LogP contribution in [0.4, 0.5) is 29.2 Å². The van der Waals surface area contributed by atoms with Crippen LogP contribution in [0.1, 0.15) is 106 Å². The lowest BCUT2D eigenvalue weighted by atomic mass is 9.47. The number of carbonyl (C=O) groups excluding carboxylic acids is 2. The number of Topliss-reactive ketones (excluding diaryl/α,β-unsaturated/α-hetero) is 1. The van der Waals surface area contributed by atoms with E-state index < -0.39 is 29.0 Å². The largest absolute Gasteiger partial charge is 0.490 e. The van der Waals surface area contributed by atoms with Gasteiger partial charge in [-0.2, -0.15) is 8.78 Å². The number of likely N-dealkylation sites (tertiary alicyclic amines) is 1. The first-order chi connectivity index (χ1) is 25.2. The number of halogens is 4. The second-order valence-corrected chi connectivity index (χ2v) is 17.5. The summed E-state index contributed by atoms with van der Waals surface area (Å²) in [6, 6.07) is 6.03. The molecule has 0 radical (unpaired) electrons. The Hall–Kier alpha value is -3.32. The van der Waals surface area contributed by atoms with Crippen molar-refractivity contribution in [1.29, 1.82) is 0 Å². The topological polar surface area (TPSA) is 96.9 Å². The van der Waals surface area contributed by atoms with Crippen LogP contribution in [-0.4, -0.2) is 83.0 Å². The van der Waals surface area contributed by atoms with Crippen molar-refractivity contribution in [2.45, 2.75) is 119 Å². The highest BCUT2D eigenvalue weighted by molar-refractivity contribution is 6.00. The lowest BCUT2D eigenvalue weighted by Crippen LogP contribution is -2.69. The van der Waals surface area contributed by atoms with Crippen molar-refractivity contribution in [3.05, 3.63) is 41.2 Å². The van der Waals surface area contributed by atoms with Gasteiger partial charge in [0.2, 0.25) is 5.95 Å². The van der Waals surface area contributed by atoms with E-state index >= 15 is 8.78 Å². The maximum Gasteiger partial charge on any atom is 0.287 e. The molecule has 0 atom stereocenters. The van der Waals surface area contributed by atoms with Gasteiger partial charge in [0, 0.05) is 50.0 Å². The standard InChI is InChI=1S/C40H49F4N5O4/c1-23(50)40(26-14-24-13-25(16-26)17-27(40)15-24)47-35(51)31-19-45-36(46-34(31)37(2,41)42)49-20-38(9-11-52-12-10-38)32-18-30(7-8-33(32)49)53-29-5-3-28(4-6-29)48-21-39(43,44)22-48/h7-8,18-19,24-29H,3-6,9-17,20-22H2,1-2H3,(H,47,51). The molecule has 13 heteroatoms. The molecular formula is C40H49F4N5O4. The van der Waals surface area contributed by atoms with E-state index in [4.69, 9.17) is 9.47 Å². The number of anilines is 2. The second kappa shape index (κ2) is 12.6. The number of benzene rings is 1. The van der Waals surface area contributed by atoms with Gasteiger partial charge in [-0.15, -0.1) is 0 Å². The number of nitrogens with one attached hydrogen (secondary N) is 1. The highest BCUT2D eigenvalue weighted by Crippen LogP contribution is 2.59. The second-order valence-electron chi connectivity index (χ2n) is 17.5.